The van der Waals surface area contributed by atoms with Crippen molar-refractivity contribution in [3.63, 3.8) is 0 Å². The molecule has 2 rings (SSSR count). The van der Waals surface area contributed by atoms with Crippen molar-refractivity contribution < 1.29 is 14.7 Å². The van der Waals surface area contributed by atoms with Gasteiger partial charge in [0.05, 0.1) is 0 Å². The van der Waals surface area contributed by atoms with Crippen LogP contribution in [0.3, 0.4) is 0 Å². The van der Waals surface area contributed by atoms with Gasteiger partial charge in [0.1, 0.15) is 6.04 Å². The Morgan fingerprint density at radius 3 is 2.46 bits per heavy atom. The highest BCUT2D eigenvalue weighted by atomic mass is 16.4. The number of benzene rings is 1. The van der Waals surface area contributed by atoms with Gasteiger partial charge in [0.15, 0.2) is 0 Å². The number of amides is 1. The smallest absolute Gasteiger partial charge is 0.326 e. The third-order valence-electron chi connectivity index (χ3n) is 4.41. The largest absolute Gasteiger partial charge is 0.480 e. The van der Waals surface area contributed by atoms with Gasteiger partial charge in [-0.3, -0.25) is 9.69 Å². The maximum atomic E-state index is 12.4. The molecule has 0 bridgehead atoms. The second-order valence-corrected chi connectivity index (χ2v) is 6.81. The van der Waals surface area contributed by atoms with Crippen LogP contribution in [0.4, 0.5) is 0 Å². The highest BCUT2D eigenvalue weighted by molar-refractivity contribution is 5.96. The highest BCUT2D eigenvalue weighted by Gasteiger charge is 2.24. The zero-order valence-electron chi connectivity index (χ0n) is 14.7. The summed E-state index contributed by atoms with van der Waals surface area (Å²) in [6, 6.07) is 6.56. The normalized spacial score (nSPS) is 17.7. The average molecular weight is 333 g/mol. The summed E-state index contributed by atoms with van der Waals surface area (Å²) in [7, 11) is 2.12. The Bertz CT molecular complexity index is 581. The zero-order chi connectivity index (χ0) is 17.7. The van der Waals surface area contributed by atoms with Crippen molar-refractivity contribution in [3.8, 4) is 0 Å². The highest BCUT2D eigenvalue weighted by Crippen LogP contribution is 2.11. The molecule has 1 aliphatic heterocycles. The lowest BCUT2D eigenvalue weighted by molar-refractivity contribution is -0.140. The summed E-state index contributed by atoms with van der Waals surface area (Å²) < 4.78 is 0. The first-order chi connectivity index (χ1) is 11.4. The number of rotatable bonds is 6. The Hall–Kier alpha value is -1.92. The Balaban J connectivity index is 2.01. The Morgan fingerprint density at radius 2 is 1.88 bits per heavy atom. The fourth-order valence-corrected chi connectivity index (χ4v) is 2.81. The van der Waals surface area contributed by atoms with Gasteiger partial charge >= 0.3 is 5.97 Å². The summed E-state index contributed by atoms with van der Waals surface area (Å²) in [5.74, 6) is -1.51. The molecule has 2 N–H and O–H groups in total. The second-order valence-electron chi connectivity index (χ2n) is 6.81. The number of hydrogen-bond acceptors (Lipinski definition) is 4. The zero-order valence-corrected chi connectivity index (χ0v) is 14.7. The van der Waals surface area contributed by atoms with Crippen molar-refractivity contribution >= 4 is 11.9 Å². The number of piperazine rings is 1. The molecule has 1 fully saturated rings. The van der Waals surface area contributed by atoms with Crippen LogP contribution in [0, 0.1) is 5.92 Å². The van der Waals surface area contributed by atoms with Crippen molar-refractivity contribution in [1.29, 1.82) is 0 Å². The second kappa shape index (κ2) is 8.26. The number of carboxylic acid groups (broad SMARTS) is 1. The summed E-state index contributed by atoms with van der Waals surface area (Å²) in [6.07, 6.45) is 0. The lowest BCUT2D eigenvalue weighted by atomic mass is 10.0. The summed E-state index contributed by atoms with van der Waals surface area (Å²) in [6.45, 7) is 8.50. The number of carbonyl (C=O) groups is 2. The molecule has 132 valence electrons. The molecule has 1 aromatic rings. The predicted molar refractivity (Wildman–Crippen MR) is 92.9 cm³/mol. The first-order valence-corrected chi connectivity index (χ1v) is 8.40. The van der Waals surface area contributed by atoms with E-state index >= 15 is 0 Å². The molecule has 1 amide bonds. The van der Waals surface area contributed by atoms with Crippen LogP contribution in [0.25, 0.3) is 0 Å². The standard InChI is InChI=1S/C18H27N3O3/c1-13(2)16(18(23)24)19-17(22)15-6-4-5-14(11-15)12-21-9-7-20(3)8-10-21/h4-6,11,13,16H,7-10,12H2,1-3H3,(H,19,22)(H,23,24)/t16-/m1/s1. The van der Waals surface area contributed by atoms with E-state index in [1.54, 1.807) is 19.9 Å². The molecule has 0 aliphatic carbocycles. The van der Waals surface area contributed by atoms with Crippen molar-refractivity contribution in [3.05, 3.63) is 35.4 Å². The molecular formula is C18H27N3O3. The van der Waals surface area contributed by atoms with E-state index in [2.05, 4.69) is 22.2 Å². The van der Waals surface area contributed by atoms with Crippen LogP contribution < -0.4 is 5.32 Å². The quantitative estimate of drug-likeness (QED) is 0.820. The minimum Gasteiger partial charge on any atom is -0.480 e. The molecule has 24 heavy (non-hydrogen) atoms. The minimum atomic E-state index is -1.01. The molecule has 0 aromatic heterocycles. The fourth-order valence-electron chi connectivity index (χ4n) is 2.81. The Kier molecular flexibility index (Phi) is 6.34. The van der Waals surface area contributed by atoms with Crippen LogP contribution in [0.15, 0.2) is 24.3 Å². The molecule has 0 unspecified atom stereocenters. The summed E-state index contributed by atoms with van der Waals surface area (Å²) in [5, 5.41) is 11.8. The van der Waals surface area contributed by atoms with E-state index in [4.69, 9.17) is 0 Å². The SMILES string of the molecule is CC(C)[C@@H](NC(=O)c1cccc(CN2CCN(C)CC2)c1)C(=O)O. The number of nitrogens with one attached hydrogen (secondary N) is 1. The van der Waals surface area contributed by atoms with E-state index in [-0.39, 0.29) is 11.8 Å². The van der Waals surface area contributed by atoms with Gasteiger partial charge in [-0.15, -0.1) is 0 Å². The van der Waals surface area contributed by atoms with Gasteiger partial charge in [-0.25, -0.2) is 4.79 Å². The van der Waals surface area contributed by atoms with Gasteiger partial charge in [0, 0.05) is 38.3 Å². The summed E-state index contributed by atoms with van der Waals surface area (Å²) in [5.41, 5.74) is 1.58. The van der Waals surface area contributed by atoms with E-state index < -0.39 is 12.0 Å². The fraction of sp³-hybridized carbons (Fsp3) is 0.556. The number of carbonyl (C=O) groups excluding carboxylic acids is 1. The Labute approximate surface area is 143 Å². The molecule has 6 heteroatoms. The van der Waals surface area contributed by atoms with Gasteiger partial charge in [-0.05, 0) is 30.7 Å². The third-order valence-corrected chi connectivity index (χ3v) is 4.41. The van der Waals surface area contributed by atoms with Crippen molar-refractivity contribution in [2.45, 2.75) is 26.4 Å². The number of nitrogens with zero attached hydrogens (tertiary/aromatic N) is 2. The van der Waals surface area contributed by atoms with E-state index in [0.29, 0.717) is 5.56 Å². The maximum Gasteiger partial charge on any atom is 0.326 e. The lowest BCUT2D eigenvalue weighted by Gasteiger charge is -2.32. The molecule has 6 nitrogen and oxygen atoms in total. The molecule has 1 atom stereocenters. The van der Waals surface area contributed by atoms with Crippen LogP contribution in [-0.4, -0.2) is 66.1 Å². The monoisotopic (exact) mass is 333 g/mol. The molecule has 1 aromatic carbocycles. The van der Waals surface area contributed by atoms with Crippen LogP contribution in [-0.2, 0) is 11.3 Å². The van der Waals surface area contributed by atoms with Gasteiger partial charge < -0.3 is 15.3 Å². The molecule has 1 saturated heterocycles. The molecule has 0 saturated carbocycles. The van der Waals surface area contributed by atoms with Gasteiger partial charge in [-0.1, -0.05) is 26.0 Å². The van der Waals surface area contributed by atoms with Crippen LogP contribution >= 0.6 is 0 Å². The first kappa shape index (κ1) is 18.4. The molecule has 0 spiro atoms. The van der Waals surface area contributed by atoms with Gasteiger partial charge in [0.25, 0.3) is 5.91 Å². The minimum absolute atomic E-state index is 0.167. The number of hydrogen-bond donors (Lipinski definition) is 2. The number of aliphatic carboxylic acids is 1. The van der Waals surface area contributed by atoms with E-state index in [0.717, 1.165) is 38.3 Å². The van der Waals surface area contributed by atoms with Gasteiger partial charge in [0.2, 0.25) is 0 Å². The average Bonchev–Trinajstić information content (AvgIpc) is 2.54. The molecular weight excluding hydrogens is 306 g/mol. The Morgan fingerprint density at radius 1 is 1.21 bits per heavy atom. The molecule has 1 heterocycles. The third kappa shape index (κ3) is 5.04. The van der Waals surface area contributed by atoms with Crippen molar-refractivity contribution in [2.75, 3.05) is 33.2 Å². The van der Waals surface area contributed by atoms with Crippen molar-refractivity contribution in [1.82, 2.24) is 15.1 Å². The molecule has 0 radical (unpaired) electrons. The summed E-state index contributed by atoms with van der Waals surface area (Å²) >= 11 is 0. The van der Waals surface area contributed by atoms with Crippen LogP contribution in [0.5, 0.6) is 0 Å². The first-order valence-electron chi connectivity index (χ1n) is 8.40. The van der Waals surface area contributed by atoms with Gasteiger partial charge in [-0.2, -0.15) is 0 Å². The number of carboxylic acids is 1. The summed E-state index contributed by atoms with van der Waals surface area (Å²) in [4.78, 5) is 28.3. The topological polar surface area (TPSA) is 72.9 Å². The maximum absolute atomic E-state index is 12.4. The van der Waals surface area contributed by atoms with Crippen molar-refractivity contribution in [2.24, 2.45) is 5.92 Å². The molecule has 1 aliphatic rings. The van der Waals surface area contributed by atoms with Crippen LogP contribution in [0.1, 0.15) is 29.8 Å². The van der Waals surface area contributed by atoms with E-state index in [1.165, 1.54) is 0 Å². The lowest BCUT2D eigenvalue weighted by Crippen LogP contribution is -2.44. The van der Waals surface area contributed by atoms with Crippen LogP contribution in [0.2, 0.25) is 0 Å². The van der Waals surface area contributed by atoms with E-state index in [9.17, 15) is 14.7 Å². The van der Waals surface area contributed by atoms with E-state index in [1.807, 2.05) is 18.2 Å². The number of likely N-dealkylation sites (N-methyl/N-ethyl adjacent to an activating group) is 1. The predicted octanol–water partition coefficient (Wildman–Crippen LogP) is 1.27.